The Labute approximate surface area is 153 Å². The van der Waals surface area contributed by atoms with E-state index in [1.54, 1.807) is 36.5 Å². The molecule has 134 valence electrons. The number of benzene rings is 1. The Hall–Kier alpha value is -3.08. The summed E-state index contributed by atoms with van der Waals surface area (Å²) in [7, 11) is 1.74. The molecule has 26 heavy (non-hydrogen) atoms. The van der Waals surface area contributed by atoms with Crippen LogP contribution in [0.4, 0.5) is 0 Å². The lowest BCUT2D eigenvalue weighted by atomic mass is 10.1. The number of hydrogen-bond donors (Lipinski definition) is 0. The summed E-state index contributed by atoms with van der Waals surface area (Å²) in [6, 6.07) is 13.3. The summed E-state index contributed by atoms with van der Waals surface area (Å²) in [6.07, 6.45) is 3.45. The van der Waals surface area contributed by atoms with Gasteiger partial charge in [-0.05, 0) is 49.2 Å². The number of pyridine rings is 1. The Morgan fingerprint density at radius 2 is 2.04 bits per heavy atom. The molecule has 1 aromatic carbocycles. The van der Waals surface area contributed by atoms with Crippen LogP contribution in [0, 0.1) is 13.8 Å². The first-order valence-electron chi connectivity index (χ1n) is 8.46. The molecule has 3 rings (SSSR count). The van der Waals surface area contributed by atoms with Gasteiger partial charge < -0.3 is 14.1 Å². The van der Waals surface area contributed by atoms with Crippen molar-refractivity contribution >= 4 is 5.91 Å². The lowest BCUT2D eigenvalue weighted by Gasteiger charge is -2.15. The average Bonchev–Trinajstić information content (AvgIpc) is 3.10. The van der Waals surface area contributed by atoms with Gasteiger partial charge in [-0.15, -0.1) is 0 Å². The molecule has 0 radical (unpaired) electrons. The smallest absolute Gasteiger partial charge is 0.289 e. The van der Waals surface area contributed by atoms with Gasteiger partial charge >= 0.3 is 0 Å². The maximum atomic E-state index is 12.5. The highest BCUT2D eigenvalue weighted by molar-refractivity contribution is 5.91. The summed E-state index contributed by atoms with van der Waals surface area (Å²) in [5.41, 5.74) is 3.23. The number of carbonyl (C=O) groups is 1. The SMILES string of the molecule is Cc1ccc(OCc2ccc(C(=O)N(C)Cc3cccnc3)o2)c(C)c1. The number of hydrogen-bond acceptors (Lipinski definition) is 4. The largest absolute Gasteiger partial charge is 0.485 e. The van der Waals surface area contributed by atoms with Crippen molar-refractivity contribution in [2.24, 2.45) is 0 Å². The molecule has 3 aromatic rings. The minimum atomic E-state index is -0.174. The molecule has 2 aromatic heterocycles. The van der Waals surface area contributed by atoms with Gasteiger partial charge in [-0.3, -0.25) is 9.78 Å². The van der Waals surface area contributed by atoms with Crippen LogP contribution in [0.25, 0.3) is 0 Å². The first-order chi connectivity index (χ1) is 12.5. The van der Waals surface area contributed by atoms with Crippen LogP contribution in [0.3, 0.4) is 0 Å². The van der Waals surface area contributed by atoms with Crippen LogP contribution >= 0.6 is 0 Å². The quantitative estimate of drug-likeness (QED) is 0.670. The Morgan fingerprint density at radius 1 is 1.19 bits per heavy atom. The highest BCUT2D eigenvalue weighted by atomic mass is 16.5. The standard InChI is InChI=1S/C21H22N2O3/c1-15-6-8-19(16(2)11-15)25-14-18-7-9-20(26-18)21(24)23(3)13-17-5-4-10-22-12-17/h4-12H,13-14H2,1-3H3. The fourth-order valence-corrected chi connectivity index (χ4v) is 2.71. The van der Waals surface area contributed by atoms with Gasteiger partial charge in [0.1, 0.15) is 18.1 Å². The molecule has 0 saturated heterocycles. The first-order valence-corrected chi connectivity index (χ1v) is 8.46. The predicted octanol–water partition coefficient (Wildman–Crippen LogP) is 4.14. The molecule has 0 atom stereocenters. The van der Waals surface area contributed by atoms with E-state index in [9.17, 15) is 4.79 Å². The number of aromatic nitrogens is 1. The third kappa shape index (κ3) is 4.30. The molecule has 0 bridgehead atoms. The van der Waals surface area contributed by atoms with E-state index in [0.29, 0.717) is 18.1 Å². The molecule has 5 nitrogen and oxygen atoms in total. The molecule has 0 aliphatic rings. The van der Waals surface area contributed by atoms with Gasteiger partial charge in [-0.1, -0.05) is 23.8 Å². The Bertz CT molecular complexity index is 887. The van der Waals surface area contributed by atoms with Crippen molar-refractivity contribution < 1.29 is 13.9 Å². The third-order valence-electron chi connectivity index (χ3n) is 4.06. The number of carbonyl (C=O) groups excluding carboxylic acids is 1. The number of nitrogens with zero attached hydrogens (tertiary/aromatic N) is 2. The molecule has 0 fully saturated rings. The minimum Gasteiger partial charge on any atom is -0.485 e. The zero-order valence-electron chi connectivity index (χ0n) is 15.2. The average molecular weight is 350 g/mol. The first kappa shape index (κ1) is 17.7. The fraction of sp³-hybridized carbons (Fsp3) is 0.238. The van der Waals surface area contributed by atoms with E-state index < -0.39 is 0 Å². The van der Waals surface area contributed by atoms with Crippen molar-refractivity contribution in [3.8, 4) is 5.75 Å². The van der Waals surface area contributed by atoms with Gasteiger partial charge in [0.25, 0.3) is 5.91 Å². The van der Waals surface area contributed by atoms with Crippen molar-refractivity contribution in [3.05, 3.63) is 83.1 Å². The van der Waals surface area contributed by atoms with Gasteiger partial charge in [0, 0.05) is 26.0 Å². The molecule has 2 heterocycles. The lowest BCUT2D eigenvalue weighted by Crippen LogP contribution is -2.25. The second kappa shape index (κ2) is 7.87. The monoisotopic (exact) mass is 350 g/mol. The van der Waals surface area contributed by atoms with Crippen molar-refractivity contribution in [3.63, 3.8) is 0 Å². The lowest BCUT2D eigenvalue weighted by molar-refractivity contribution is 0.0749. The van der Waals surface area contributed by atoms with E-state index >= 15 is 0 Å². The third-order valence-corrected chi connectivity index (χ3v) is 4.06. The molecular formula is C21H22N2O3. The van der Waals surface area contributed by atoms with Gasteiger partial charge in [-0.2, -0.15) is 0 Å². The summed E-state index contributed by atoms with van der Waals surface area (Å²) in [5.74, 6) is 1.55. The molecule has 0 saturated carbocycles. The maximum absolute atomic E-state index is 12.5. The van der Waals surface area contributed by atoms with E-state index in [2.05, 4.69) is 11.1 Å². The molecule has 0 aliphatic carbocycles. The van der Waals surface area contributed by atoms with Crippen molar-refractivity contribution in [1.82, 2.24) is 9.88 Å². The maximum Gasteiger partial charge on any atom is 0.289 e. The van der Waals surface area contributed by atoms with E-state index in [-0.39, 0.29) is 12.5 Å². The normalized spacial score (nSPS) is 10.6. The second-order valence-electron chi connectivity index (χ2n) is 6.35. The second-order valence-corrected chi connectivity index (χ2v) is 6.35. The van der Waals surface area contributed by atoms with Gasteiger partial charge in [0.15, 0.2) is 5.76 Å². The molecule has 0 aliphatic heterocycles. The summed E-state index contributed by atoms with van der Waals surface area (Å²) in [5, 5.41) is 0. The number of aryl methyl sites for hydroxylation is 2. The van der Waals surface area contributed by atoms with Crippen molar-refractivity contribution in [2.75, 3.05) is 7.05 Å². The van der Waals surface area contributed by atoms with Crippen LogP contribution in [-0.4, -0.2) is 22.8 Å². The van der Waals surface area contributed by atoms with Crippen molar-refractivity contribution in [1.29, 1.82) is 0 Å². The van der Waals surface area contributed by atoms with E-state index in [1.165, 1.54) is 5.56 Å². The Kier molecular flexibility index (Phi) is 5.37. The highest BCUT2D eigenvalue weighted by Gasteiger charge is 2.16. The summed E-state index contributed by atoms with van der Waals surface area (Å²) >= 11 is 0. The number of furan rings is 1. The van der Waals surface area contributed by atoms with Gasteiger partial charge in [0.05, 0.1) is 0 Å². The predicted molar refractivity (Wildman–Crippen MR) is 99.0 cm³/mol. The zero-order valence-corrected chi connectivity index (χ0v) is 15.2. The summed E-state index contributed by atoms with van der Waals surface area (Å²) in [6.45, 7) is 4.81. The number of amides is 1. The van der Waals surface area contributed by atoms with Gasteiger partial charge in [0.2, 0.25) is 0 Å². The van der Waals surface area contributed by atoms with E-state index in [4.69, 9.17) is 9.15 Å². The Morgan fingerprint density at radius 3 is 2.77 bits per heavy atom. The molecule has 0 spiro atoms. The van der Waals surface area contributed by atoms with Gasteiger partial charge in [-0.25, -0.2) is 0 Å². The fourth-order valence-electron chi connectivity index (χ4n) is 2.71. The van der Waals surface area contributed by atoms with E-state index in [1.807, 2.05) is 38.1 Å². The molecule has 0 N–H and O–H groups in total. The minimum absolute atomic E-state index is 0.174. The van der Waals surface area contributed by atoms with Crippen LogP contribution in [0.15, 0.2) is 59.3 Å². The Balaban J connectivity index is 1.60. The molecule has 1 amide bonds. The topological polar surface area (TPSA) is 55.6 Å². The van der Waals surface area contributed by atoms with Crippen LogP contribution < -0.4 is 4.74 Å². The molecule has 5 heteroatoms. The molecular weight excluding hydrogens is 328 g/mol. The van der Waals surface area contributed by atoms with Crippen LogP contribution in [0.2, 0.25) is 0 Å². The number of rotatable bonds is 6. The molecule has 0 unspecified atom stereocenters. The zero-order chi connectivity index (χ0) is 18.5. The number of ether oxygens (including phenoxy) is 1. The highest BCUT2D eigenvalue weighted by Crippen LogP contribution is 2.21. The van der Waals surface area contributed by atoms with E-state index in [0.717, 1.165) is 16.9 Å². The summed E-state index contributed by atoms with van der Waals surface area (Å²) in [4.78, 5) is 18.2. The van der Waals surface area contributed by atoms with Crippen molar-refractivity contribution in [2.45, 2.75) is 27.0 Å². The van der Waals surface area contributed by atoms with Crippen LogP contribution in [0.1, 0.15) is 33.0 Å². The van der Waals surface area contributed by atoms with Crippen LogP contribution in [-0.2, 0) is 13.2 Å². The van der Waals surface area contributed by atoms with Crippen LogP contribution in [0.5, 0.6) is 5.75 Å². The summed E-state index contributed by atoms with van der Waals surface area (Å²) < 4.78 is 11.5.